The first-order chi connectivity index (χ1) is 9.20. The summed E-state index contributed by atoms with van der Waals surface area (Å²) in [6.45, 7) is 0.00631. The van der Waals surface area contributed by atoms with Crippen molar-refractivity contribution in [2.24, 2.45) is 5.14 Å². The summed E-state index contributed by atoms with van der Waals surface area (Å²) < 4.78 is 21.4. The fourth-order valence-corrected chi connectivity index (χ4v) is 2.03. The minimum atomic E-state index is -3.61. The highest BCUT2D eigenvalue weighted by atomic mass is 35.5. The van der Waals surface area contributed by atoms with Crippen molar-refractivity contribution in [1.29, 1.82) is 0 Å². The van der Waals surface area contributed by atoms with Crippen LogP contribution in [0.4, 0.5) is 5.69 Å². The van der Waals surface area contributed by atoms with Gasteiger partial charge in [-0.15, -0.1) is 0 Å². The normalized spacial score (nSPS) is 11.1. The molecule has 20 heavy (non-hydrogen) atoms. The van der Waals surface area contributed by atoms with Crippen molar-refractivity contribution < 1.29 is 18.1 Å². The Morgan fingerprint density at radius 1 is 1.55 bits per heavy atom. The van der Waals surface area contributed by atoms with Gasteiger partial charge >= 0.3 is 0 Å². The van der Waals surface area contributed by atoms with Crippen molar-refractivity contribution in [3.05, 3.63) is 33.1 Å². The predicted molar refractivity (Wildman–Crippen MR) is 70.8 cm³/mol. The Kier molecular flexibility index (Phi) is 5.36. The number of nitro groups is 1. The van der Waals surface area contributed by atoms with E-state index in [4.69, 9.17) is 16.7 Å². The lowest BCUT2D eigenvalue weighted by molar-refractivity contribution is -0.385. The molecule has 1 amide bonds. The molecule has 0 aliphatic rings. The summed E-state index contributed by atoms with van der Waals surface area (Å²) in [6, 6.07) is 1.06. The Hall–Kier alpha value is -1.78. The van der Waals surface area contributed by atoms with Crippen molar-refractivity contribution >= 4 is 33.2 Å². The highest BCUT2D eigenvalue weighted by molar-refractivity contribution is 7.89. The molecule has 0 aliphatic heterocycles. The number of hydrogen-bond acceptors (Lipinski definition) is 6. The van der Waals surface area contributed by atoms with E-state index in [9.17, 15) is 23.3 Å². The Labute approximate surface area is 119 Å². The molecule has 11 heteroatoms. The van der Waals surface area contributed by atoms with Gasteiger partial charge < -0.3 is 5.32 Å². The summed E-state index contributed by atoms with van der Waals surface area (Å²) in [5.74, 6) is -1.04. The first-order valence-corrected chi connectivity index (χ1v) is 7.38. The maximum atomic E-state index is 11.8. The van der Waals surface area contributed by atoms with E-state index in [1.807, 2.05) is 0 Å². The molecule has 0 spiro atoms. The van der Waals surface area contributed by atoms with Gasteiger partial charge in [0.2, 0.25) is 10.0 Å². The third kappa shape index (κ3) is 5.07. The van der Waals surface area contributed by atoms with Gasteiger partial charge in [-0.1, -0.05) is 11.6 Å². The molecule has 0 saturated carbocycles. The number of sulfonamides is 1. The first-order valence-electron chi connectivity index (χ1n) is 5.29. The third-order valence-corrected chi connectivity index (χ3v) is 3.25. The average Bonchev–Trinajstić information content (AvgIpc) is 2.32. The van der Waals surface area contributed by atoms with Crippen LogP contribution in [0, 0.1) is 10.1 Å². The standard InChI is InChI=1S/C9H11ClN4O5S/c10-8-4-6(7(5-13-8)14(16)17)9(15)12-2-1-3-20(11,18)19/h4-5H,1-3H2,(H,12,15)(H2,11,18,19). The Bertz CT molecular complexity index is 633. The van der Waals surface area contributed by atoms with Crippen LogP contribution in [-0.4, -0.2) is 36.5 Å². The van der Waals surface area contributed by atoms with Crippen molar-refractivity contribution in [3.63, 3.8) is 0 Å². The lowest BCUT2D eigenvalue weighted by Gasteiger charge is -2.05. The predicted octanol–water partition coefficient (Wildman–Crippen LogP) is 0.0516. The zero-order valence-electron chi connectivity index (χ0n) is 10.1. The van der Waals surface area contributed by atoms with Crippen LogP contribution in [0.3, 0.4) is 0 Å². The summed E-state index contributed by atoms with van der Waals surface area (Å²) in [5.41, 5.74) is -0.732. The number of hydrogen-bond donors (Lipinski definition) is 2. The number of carbonyl (C=O) groups is 1. The summed E-state index contributed by atoms with van der Waals surface area (Å²) in [7, 11) is -3.61. The Morgan fingerprint density at radius 3 is 2.75 bits per heavy atom. The molecular weight excluding hydrogens is 312 g/mol. The monoisotopic (exact) mass is 322 g/mol. The highest BCUT2D eigenvalue weighted by Crippen LogP contribution is 2.20. The van der Waals surface area contributed by atoms with Crippen LogP contribution < -0.4 is 10.5 Å². The zero-order chi connectivity index (χ0) is 15.3. The van der Waals surface area contributed by atoms with Crippen LogP contribution in [0.2, 0.25) is 5.15 Å². The minimum absolute atomic E-state index is 0.00631. The molecule has 1 aromatic heterocycles. The van der Waals surface area contributed by atoms with E-state index in [-0.39, 0.29) is 29.4 Å². The number of nitrogens with two attached hydrogens (primary N) is 1. The molecule has 0 radical (unpaired) electrons. The van der Waals surface area contributed by atoms with Gasteiger partial charge in [0.25, 0.3) is 11.6 Å². The number of aromatic nitrogens is 1. The second-order valence-electron chi connectivity index (χ2n) is 3.76. The molecule has 0 unspecified atom stereocenters. The Morgan fingerprint density at radius 2 is 2.20 bits per heavy atom. The van der Waals surface area contributed by atoms with Gasteiger partial charge in [-0.05, 0) is 12.5 Å². The molecule has 110 valence electrons. The van der Waals surface area contributed by atoms with Crippen LogP contribution >= 0.6 is 11.6 Å². The minimum Gasteiger partial charge on any atom is -0.352 e. The van der Waals surface area contributed by atoms with Crippen LogP contribution in [-0.2, 0) is 10.0 Å². The highest BCUT2D eigenvalue weighted by Gasteiger charge is 2.21. The van der Waals surface area contributed by atoms with Crippen LogP contribution in [0.5, 0.6) is 0 Å². The summed E-state index contributed by atoms with van der Waals surface area (Å²) in [4.78, 5) is 25.3. The van der Waals surface area contributed by atoms with Crippen molar-refractivity contribution in [1.82, 2.24) is 10.3 Å². The number of rotatable bonds is 6. The van der Waals surface area contributed by atoms with Gasteiger partial charge in [0.1, 0.15) is 16.9 Å². The largest absolute Gasteiger partial charge is 0.352 e. The van der Waals surface area contributed by atoms with Crippen molar-refractivity contribution in [2.45, 2.75) is 6.42 Å². The van der Waals surface area contributed by atoms with Crippen molar-refractivity contribution in [2.75, 3.05) is 12.3 Å². The molecule has 1 heterocycles. The number of nitrogens with one attached hydrogen (secondary N) is 1. The molecule has 0 fully saturated rings. The first kappa shape index (κ1) is 16.3. The number of nitrogens with zero attached hydrogens (tertiary/aromatic N) is 2. The van der Waals surface area contributed by atoms with Crippen LogP contribution in [0.25, 0.3) is 0 Å². The number of carbonyl (C=O) groups excluding carboxylic acids is 1. The molecule has 0 aromatic carbocycles. The molecular formula is C9H11ClN4O5S. The van der Waals surface area contributed by atoms with Crippen LogP contribution in [0.15, 0.2) is 12.3 Å². The number of halogens is 1. The summed E-state index contributed by atoms with van der Waals surface area (Å²) >= 11 is 5.58. The molecule has 1 aromatic rings. The van der Waals surface area contributed by atoms with E-state index >= 15 is 0 Å². The second-order valence-corrected chi connectivity index (χ2v) is 5.88. The van der Waals surface area contributed by atoms with Crippen LogP contribution in [0.1, 0.15) is 16.8 Å². The maximum absolute atomic E-state index is 11.8. The fourth-order valence-electron chi connectivity index (χ4n) is 1.32. The number of primary sulfonamides is 1. The van der Waals surface area contributed by atoms with E-state index in [1.54, 1.807) is 0 Å². The fraction of sp³-hybridized carbons (Fsp3) is 0.333. The SMILES string of the molecule is NS(=O)(=O)CCCNC(=O)c1cc(Cl)ncc1[N+](=O)[O-]. The lowest BCUT2D eigenvalue weighted by Crippen LogP contribution is -2.28. The van der Waals surface area contributed by atoms with Gasteiger partial charge in [-0.3, -0.25) is 14.9 Å². The topological polar surface area (TPSA) is 145 Å². The van der Waals surface area contributed by atoms with Crippen molar-refractivity contribution in [3.8, 4) is 0 Å². The van der Waals surface area contributed by atoms with Gasteiger partial charge in [-0.25, -0.2) is 18.5 Å². The van der Waals surface area contributed by atoms with E-state index in [1.165, 1.54) is 0 Å². The van der Waals surface area contributed by atoms with E-state index < -0.39 is 26.5 Å². The molecule has 0 atom stereocenters. The third-order valence-electron chi connectivity index (χ3n) is 2.18. The van der Waals surface area contributed by atoms with Gasteiger partial charge in [0, 0.05) is 6.54 Å². The quantitative estimate of drug-likeness (QED) is 0.327. The number of pyridine rings is 1. The molecule has 3 N–H and O–H groups in total. The van der Waals surface area contributed by atoms with E-state index in [2.05, 4.69) is 10.3 Å². The van der Waals surface area contributed by atoms with E-state index in [0.717, 1.165) is 12.3 Å². The summed E-state index contributed by atoms with van der Waals surface area (Å²) in [5, 5.41) is 17.8. The molecule has 0 saturated heterocycles. The summed E-state index contributed by atoms with van der Waals surface area (Å²) in [6.07, 6.45) is 0.971. The lowest BCUT2D eigenvalue weighted by atomic mass is 10.2. The van der Waals surface area contributed by atoms with Gasteiger partial charge in [0.05, 0.1) is 10.7 Å². The Balaban J connectivity index is 2.72. The van der Waals surface area contributed by atoms with Gasteiger partial charge in [0.15, 0.2) is 0 Å². The van der Waals surface area contributed by atoms with Gasteiger partial charge in [-0.2, -0.15) is 0 Å². The molecule has 0 aliphatic carbocycles. The average molecular weight is 323 g/mol. The number of amides is 1. The smallest absolute Gasteiger partial charge is 0.300 e. The second kappa shape index (κ2) is 6.59. The molecule has 9 nitrogen and oxygen atoms in total. The zero-order valence-corrected chi connectivity index (χ0v) is 11.6. The molecule has 0 bridgehead atoms. The molecule has 1 rings (SSSR count). The van der Waals surface area contributed by atoms with E-state index in [0.29, 0.717) is 0 Å². The maximum Gasteiger partial charge on any atom is 0.300 e.